The van der Waals surface area contributed by atoms with E-state index in [-0.39, 0.29) is 5.91 Å². The van der Waals surface area contributed by atoms with Crippen molar-refractivity contribution in [3.05, 3.63) is 23.8 Å². The molecular formula is C11H15NO3. The maximum atomic E-state index is 10.8. The van der Waals surface area contributed by atoms with Gasteiger partial charge in [0.05, 0.1) is 5.71 Å². The van der Waals surface area contributed by atoms with Gasteiger partial charge in [-0.2, -0.15) is 0 Å². The lowest BCUT2D eigenvalue weighted by Crippen LogP contribution is -2.32. The zero-order chi connectivity index (χ0) is 11.5. The third-order valence-electron chi connectivity index (χ3n) is 2.21. The first-order valence-electron chi connectivity index (χ1n) is 4.61. The second-order valence-corrected chi connectivity index (χ2v) is 3.31. The number of hydrogen-bond acceptors (Lipinski definition) is 3. The van der Waals surface area contributed by atoms with Crippen LogP contribution >= 0.6 is 0 Å². The van der Waals surface area contributed by atoms with Gasteiger partial charge in [-0.15, -0.1) is 0 Å². The van der Waals surface area contributed by atoms with E-state index in [1.165, 1.54) is 6.92 Å². The van der Waals surface area contributed by atoms with E-state index in [2.05, 4.69) is 4.99 Å². The molecule has 0 fully saturated rings. The Hall–Kier alpha value is -1.26. The number of methoxy groups -OCH3 is 2. The summed E-state index contributed by atoms with van der Waals surface area (Å²) in [6.07, 6.45) is 5.24. The van der Waals surface area contributed by atoms with Gasteiger partial charge >= 0.3 is 0 Å². The van der Waals surface area contributed by atoms with Gasteiger partial charge in [0.15, 0.2) is 0 Å². The molecule has 0 radical (unpaired) electrons. The van der Waals surface area contributed by atoms with Crippen LogP contribution in [0.3, 0.4) is 0 Å². The van der Waals surface area contributed by atoms with Crippen molar-refractivity contribution < 1.29 is 14.3 Å². The fourth-order valence-corrected chi connectivity index (χ4v) is 1.38. The van der Waals surface area contributed by atoms with E-state index in [4.69, 9.17) is 9.47 Å². The average molecular weight is 209 g/mol. The quantitative estimate of drug-likeness (QED) is 0.647. The highest BCUT2D eigenvalue weighted by Crippen LogP contribution is 2.22. The minimum atomic E-state index is -0.833. The number of carbonyl (C=O) groups excluding carboxylic acids is 1. The van der Waals surface area contributed by atoms with Gasteiger partial charge in [-0.3, -0.25) is 4.79 Å². The third-order valence-corrected chi connectivity index (χ3v) is 2.21. The van der Waals surface area contributed by atoms with Crippen molar-refractivity contribution in [2.24, 2.45) is 4.99 Å². The molecule has 0 saturated heterocycles. The molecule has 0 aromatic heterocycles. The molecule has 1 aliphatic carbocycles. The highest BCUT2D eigenvalue weighted by atomic mass is 16.7. The van der Waals surface area contributed by atoms with E-state index < -0.39 is 5.79 Å². The summed E-state index contributed by atoms with van der Waals surface area (Å²) in [5.41, 5.74) is 1.50. The molecule has 1 amide bonds. The van der Waals surface area contributed by atoms with Crippen molar-refractivity contribution >= 4 is 11.6 Å². The van der Waals surface area contributed by atoms with E-state index >= 15 is 0 Å². The smallest absolute Gasteiger partial charge is 0.243 e. The summed E-state index contributed by atoms with van der Waals surface area (Å²) in [6.45, 7) is 3.28. The highest BCUT2D eigenvalue weighted by molar-refractivity contribution is 6.13. The Kier molecular flexibility index (Phi) is 3.55. The third kappa shape index (κ3) is 2.61. The molecule has 0 N–H and O–H groups in total. The van der Waals surface area contributed by atoms with Gasteiger partial charge in [-0.1, -0.05) is 0 Å². The van der Waals surface area contributed by atoms with Crippen LogP contribution in [0.1, 0.15) is 13.8 Å². The summed E-state index contributed by atoms with van der Waals surface area (Å²) in [5, 5.41) is 0. The lowest BCUT2D eigenvalue weighted by atomic mass is 10.0. The van der Waals surface area contributed by atoms with Gasteiger partial charge in [0.2, 0.25) is 11.7 Å². The Labute approximate surface area is 89.3 Å². The minimum absolute atomic E-state index is 0.218. The minimum Gasteiger partial charge on any atom is -0.346 e. The predicted octanol–water partition coefficient (Wildman–Crippen LogP) is 1.48. The predicted molar refractivity (Wildman–Crippen MR) is 57.8 cm³/mol. The highest BCUT2D eigenvalue weighted by Gasteiger charge is 2.27. The molecule has 4 nitrogen and oxygen atoms in total. The summed E-state index contributed by atoms with van der Waals surface area (Å²) >= 11 is 0. The number of rotatable bonds is 2. The molecule has 0 aromatic carbocycles. The lowest BCUT2D eigenvalue weighted by Gasteiger charge is -2.27. The second kappa shape index (κ2) is 4.51. The summed E-state index contributed by atoms with van der Waals surface area (Å²) in [5.74, 6) is -1.05. The van der Waals surface area contributed by atoms with Gasteiger partial charge in [-0.05, 0) is 30.7 Å². The largest absolute Gasteiger partial charge is 0.346 e. The molecule has 0 saturated carbocycles. The Bertz CT molecular complexity index is 349. The number of carbonyl (C=O) groups is 1. The van der Waals surface area contributed by atoms with Crippen molar-refractivity contribution in [2.75, 3.05) is 14.2 Å². The number of amides is 1. The van der Waals surface area contributed by atoms with Crippen molar-refractivity contribution in [1.29, 1.82) is 0 Å². The van der Waals surface area contributed by atoms with Crippen LogP contribution in [0.4, 0.5) is 0 Å². The molecule has 15 heavy (non-hydrogen) atoms. The molecule has 0 unspecified atom stereocenters. The zero-order valence-corrected chi connectivity index (χ0v) is 9.40. The topological polar surface area (TPSA) is 47.9 Å². The maximum absolute atomic E-state index is 10.8. The molecule has 0 heterocycles. The first kappa shape index (κ1) is 11.8. The molecule has 0 atom stereocenters. The van der Waals surface area contributed by atoms with Crippen molar-refractivity contribution in [3.8, 4) is 0 Å². The van der Waals surface area contributed by atoms with Gasteiger partial charge in [0.1, 0.15) is 0 Å². The van der Waals surface area contributed by atoms with Crippen LogP contribution in [0.5, 0.6) is 0 Å². The maximum Gasteiger partial charge on any atom is 0.243 e. The van der Waals surface area contributed by atoms with Crippen LogP contribution in [0.15, 0.2) is 28.8 Å². The number of allylic oxidation sites excluding steroid dienone is 2. The Morgan fingerprint density at radius 2 is 2.00 bits per heavy atom. The van der Waals surface area contributed by atoms with Crippen LogP contribution in [-0.4, -0.2) is 31.6 Å². The van der Waals surface area contributed by atoms with E-state index in [0.717, 1.165) is 5.57 Å². The van der Waals surface area contributed by atoms with E-state index in [1.54, 1.807) is 32.4 Å². The number of aliphatic imine (C=N–C) groups is 1. The fourth-order valence-electron chi connectivity index (χ4n) is 1.38. The lowest BCUT2D eigenvalue weighted by molar-refractivity contribution is -0.133. The van der Waals surface area contributed by atoms with Crippen LogP contribution in [0, 0.1) is 0 Å². The average Bonchev–Trinajstić information content (AvgIpc) is 2.21. The second-order valence-electron chi connectivity index (χ2n) is 3.31. The summed E-state index contributed by atoms with van der Waals surface area (Å²) in [7, 11) is 3.12. The first-order chi connectivity index (χ1) is 7.03. The zero-order valence-electron chi connectivity index (χ0n) is 9.40. The Balaban J connectivity index is 3.02. The molecule has 0 aromatic rings. The summed E-state index contributed by atoms with van der Waals surface area (Å²) in [4.78, 5) is 14.7. The molecule has 0 aliphatic heterocycles. The molecular weight excluding hydrogens is 194 g/mol. The normalized spacial score (nSPS) is 21.6. The summed E-state index contributed by atoms with van der Waals surface area (Å²) in [6, 6.07) is 0. The molecule has 1 aliphatic rings. The molecule has 1 rings (SSSR count). The van der Waals surface area contributed by atoms with Crippen LogP contribution in [0.2, 0.25) is 0 Å². The van der Waals surface area contributed by atoms with E-state index in [1.807, 2.05) is 6.92 Å². The van der Waals surface area contributed by atoms with Crippen molar-refractivity contribution in [1.82, 2.24) is 0 Å². The van der Waals surface area contributed by atoms with Gasteiger partial charge in [-0.25, -0.2) is 4.99 Å². The molecule has 4 heteroatoms. The van der Waals surface area contributed by atoms with Gasteiger partial charge in [0.25, 0.3) is 0 Å². The monoisotopic (exact) mass is 209 g/mol. The SMILES string of the molecule is COC1(OC)C=CC(=NC(C)=O)C(C)=C1. The van der Waals surface area contributed by atoms with Gasteiger partial charge < -0.3 is 9.47 Å². The van der Waals surface area contributed by atoms with Crippen LogP contribution in [-0.2, 0) is 14.3 Å². The Morgan fingerprint density at radius 3 is 2.40 bits per heavy atom. The summed E-state index contributed by atoms with van der Waals surface area (Å²) < 4.78 is 10.5. The number of nitrogens with zero attached hydrogens (tertiary/aromatic N) is 1. The van der Waals surface area contributed by atoms with Crippen LogP contribution in [0.25, 0.3) is 0 Å². The van der Waals surface area contributed by atoms with Crippen LogP contribution < -0.4 is 0 Å². The molecule has 0 spiro atoms. The first-order valence-corrected chi connectivity index (χ1v) is 4.61. The van der Waals surface area contributed by atoms with Crippen molar-refractivity contribution in [3.63, 3.8) is 0 Å². The van der Waals surface area contributed by atoms with E-state index in [9.17, 15) is 4.79 Å². The molecule has 82 valence electrons. The molecule has 0 bridgehead atoms. The Morgan fingerprint density at radius 1 is 1.40 bits per heavy atom. The van der Waals surface area contributed by atoms with Gasteiger partial charge in [0, 0.05) is 21.1 Å². The number of hydrogen-bond donors (Lipinski definition) is 0. The van der Waals surface area contributed by atoms with Crippen molar-refractivity contribution in [2.45, 2.75) is 19.6 Å². The van der Waals surface area contributed by atoms with E-state index in [0.29, 0.717) is 5.71 Å². The fraction of sp³-hybridized carbons (Fsp3) is 0.455. The standard InChI is InChI=1S/C11H15NO3/c1-8-7-11(14-3,15-4)6-5-10(8)12-9(2)13/h5-7H,1-4H3. The number of ether oxygens (including phenoxy) is 2.